The molecule has 0 saturated heterocycles. The highest BCUT2D eigenvalue weighted by Crippen LogP contribution is 2.07. The van der Waals surface area contributed by atoms with Crippen LogP contribution in [-0.2, 0) is 27.3 Å². The van der Waals surface area contributed by atoms with Gasteiger partial charge in [-0.3, -0.25) is 4.79 Å². The van der Waals surface area contributed by atoms with Crippen LogP contribution < -0.4 is 16.4 Å². The summed E-state index contributed by atoms with van der Waals surface area (Å²) in [5.41, 5.74) is 8.06. The minimum Gasteiger partial charge on any atom is -0.451 e. The molecule has 0 saturated carbocycles. The van der Waals surface area contributed by atoms with Crippen molar-refractivity contribution >= 4 is 17.9 Å². The number of hydrogen-bond donors (Lipinski definition) is 3. The van der Waals surface area contributed by atoms with Gasteiger partial charge >= 0.3 is 12.0 Å². The maximum Gasteiger partial charge on any atom is 0.329 e. The van der Waals surface area contributed by atoms with Crippen LogP contribution in [0.3, 0.4) is 0 Å². The summed E-state index contributed by atoms with van der Waals surface area (Å²) in [6.07, 6.45) is -0.800. The number of ether oxygens (including phenoxy) is 1. The van der Waals surface area contributed by atoms with Crippen molar-refractivity contribution in [3.63, 3.8) is 0 Å². The monoisotopic (exact) mass is 383 g/mol. The maximum absolute atomic E-state index is 12.4. The van der Waals surface area contributed by atoms with Crippen LogP contribution in [0.1, 0.15) is 23.6 Å². The van der Waals surface area contributed by atoms with Crippen LogP contribution in [0.5, 0.6) is 0 Å². The highest BCUT2D eigenvalue weighted by atomic mass is 16.5. The largest absolute Gasteiger partial charge is 0.451 e. The molecule has 28 heavy (non-hydrogen) atoms. The van der Waals surface area contributed by atoms with E-state index in [1.165, 1.54) is 6.92 Å². The van der Waals surface area contributed by atoms with Crippen molar-refractivity contribution in [1.29, 1.82) is 0 Å². The molecule has 0 spiro atoms. The molecule has 0 aliphatic rings. The first kappa shape index (κ1) is 21.0. The average Bonchev–Trinajstić information content (AvgIpc) is 2.67. The molecular weight excluding hydrogens is 358 g/mol. The van der Waals surface area contributed by atoms with E-state index in [0.717, 1.165) is 16.7 Å². The Balaban J connectivity index is 1.91. The van der Waals surface area contributed by atoms with Crippen molar-refractivity contribution in [1.82, 2.24) is 10.6 Å². The van der Waals surface area contributed by atoms with Crippen LogP contribution >= 0.6 is 0 Å². The van der Waals surface area contributed by atoms with Gasteiger partial charge in [0.15, 0.2) is 6.10 Å². The van der Waals surface area contributed by atoms with Crippen LogP contribution in [-0.4, -0.2) is 30.1 Å². The number of primary amides is 1. The van der Waals surface area contributed by atoms with E-state index in [9.17, 15) is 14.4 Å². The fourth-order valence-corrected chi connectivity index (χ4v) is 2.56. The van der Waals surface area contributed by atoms with Gasteiger partial charge in [0.1, 0.15) is 6.04 Å². The molecule has 0 radical (unpaired) electrons. The number of benzene rings is 2. The van der Waals surface area contributed by atoms with Gasteiger partial charge in [-0.2, -0.15) is 0 Å². The van der Waals surface area contributed by atoms with Crippen LogP contribution in [0.2, 0.25) is 0 Å². The fourth-order valence-electron chi connectivity index (χ4n) is 2.56. The summed E-state index contributed by atoms with van der Waals surface area (Å²) in [4.78, 5) is 35.9. The van der Waals surface area contributed by atoms with Crippen molar-refractivity contribution in [2.75, 3.05) is 0 Å². The molecule has 3 amide bonds. The van der Waals surface area contributed by atoms with E-state index in [1.807, 2.05) is 61.5 Å². The molecule has 0 aliphatic heterocycles. The van der Waals surface area contributed by atoms with Gasteiger partial charge in [0.05, 0.1) is 0 Å². The Labute approximate surface area is 164 Å². The third-order valence-electron chi connectivity index (χ3n) is 4.13. The molecule has 0 heterocycles. The Hall–Kier alpha value is -3.35. The molecule has 0 unspecified atom stereocenters. The van der Waals surface area contributed by atoms with Crippen LogP contribution in [0.15, 0.2) is 54.6 Å². The van der Waals surface area contributed by atoms with E-state index in [2.05, 4.69) is 10.6 Å². The highest BCUT2D eigenvalue weighted by molar-refractivity contribution is 5.87. The van der Waals surface area contributed by atoms with E-state index < -0.39 is 30.1 Å². The minimum atomic E-state index is -1.01. The molecule has 0 fully saturated rings. The van der Waals surface area contributed by atoms with Crippen LogP contribution in [0.25, 0.3) is 0 Å². The first-order valence-corrected chi connectivity index (χ1v) is 8.99. The van der Waals surface area contributed by atoms with Gasteiger partial charge in [-0.25, -0.2) is 9.59 Å². The highest BCUT2D eigenvalue weighted by Gasteiger charge is 2.26. The van der Waals surface area contributed by atoms with Crippen molar-refractivity contribution in [2.24, 2.45) is 5.73 Å². The molecular formula is C21H25N3O4. The second kappa shape index (κ2) is 10.1. The third-order valence-corrected chi connectivity index (χ3v) is 4.13. The third kappa shape index (κ3) is 6.75. The van der Waals surface area contributed by atoms with Crippen molar-refractivity contribution in [2.45, 2.75) is 39.0 Å². The number of esters is 1. The SMILES string of the molecule is Cc1ccc(CNC(=O)[C@H](C)OC(=O)[C@H](Cc2ccccc2)NC(N)=O)cc1. The van der Waals surface area contributed by atoms with Crippen molar-refractivity contribution < 1.29 is 19.1 Å². The molecule has 7 nitrogen and oxygen atoms in total. The Bertz CT molecular complexity index is 806. The summed E-state index contributed by atoms with van der Waals surface area (Å²) >= 11 is 0. The van der Waals surface area contributed by atoms with Gasteiger partial charge in [-0.15, -0.1) is 0 Å². The number of hydrogen-bond acceptors (Lipinski definition) is 4. The summed E-state index contributed by atoms with van der Waals surface area (Å²) in [6, 6.07) is 15.1. The number of nitrogens with two attached hydrogens (primary N) is 1. The smallest absolute Gasteiger partial charge is 0.329 e. The van der Waals surface area contributed by atoms with Gasteiger partial charge in [0.2, 0.25) is 0 Å². The lowest BCUT2D eigenvalue weighted by Crippen LogP contribution is -2.47. The van der Waals surface area contributed by atoms with Gasteiger partial charge in [0.25, 0.3) is 5.91 Å². The predicted molar refractivity (Wildman–Crippen MR) is 105 cm³/mol. The van der Waals surface area contributed by atoms with E-state index in [-0.39, 0.29) is 6.42 Å². The lowest BCUT2D eigenvalue weighted by molar-refractivity contribution is -0.156. The number of carbonyl (C=O) groups is 3. The Morgan fingerprint density at radius 2 is 1.64 bits per heavy atom. The second-order valence-corrected chi connectivity index (χ2v) is 6.53. The molecule has 4 N–H and O–H groups in total. The van der Waals surface area contributed by atoms with E-state index in [1.54, 1.807) is 0 Å². The number of rotatable bonds is 8. The molecule has 7 heteroatoms. The van der Waals surface area contributed by atoms with Crippen LogP contribution in [0.4, 0.5) is 4.79 Å². The summed E-state index contributed by atoms with van der Waals surface area (Å²) in [6.45, 7) is 3.79. The molecule has 2 aromatic rings. The van der Waals surface area contributed by atoms with E-state index in [0.29, 0.717) is 6.54 Å². The normalized spacial score (nSPS) is 12.5. The number of aryl methyl sites for hydroxylation is 1. The Morgan fingerprint density at radius 3 is 2.25 bits per heavy atom. The molecule has 2 rings (SSSR count). The van der Waals surface area contributed by atoms with Crippen molar-refractivity contribution in [3.05, 3.63) is 71.3 Å². The lowest BCUT2D eigenvalue weighted by atomic mass is 10.1. The predicted octanol–water partition coefficient (Wildman–Crippen LogP) is 1.82. The first-order valence-electron chi connectivity index (χ1n) is 8.99. The Kier molecular flexibility index (Phi) is 7.56. The molecule has 2 atom stereocenters. The Morgan fingerprint density at radius 1 is 1.00 bits per heavy atom. The number of nitrogens with one attached hydrogen (secondary N) is 2. The molecule has 0 bridgehead atoms. The zero-order chi connectivity index (χ0) is 20.5. The summed E-state index contributed by atoms with van der Waals surface area (Å²) in [5.74, 6) is -1.15. The summed E-state index contributed by atoms with van der Waals surface area (Å²) in [7, 11) is 0. The second-order valence-electron chi connectivity index (χ2n) is 6.53. The number of carbonyl (C=O) groups excluding carboxylic acids is 3. The molecule has 148 valence electrons. The fraction of sp³-hybridized carbons (Fsp3) is 0.286. The van der Waals surface area contributed by atoms with E-state index >= 15 is 0 Å². The topological polar surface area (TPSA) is 111 Å². The molecule has 0 aliphatic carbocycles. The maximum atomic E-state index is 12.4. The summed E-state index contributed by atoms with van der Waals surface area (Å²) < 4.78 is 5.23. The van der Waals surface area contributed by atoms with Gasteiger partial charge in [-0.05, 0) is 25.0 Å². The quantitative estimate of drug-likeness (QED) is 0.604. The lowest BCUT2D eigenvalue weighted by Gasteiger charge is -2.20. The minimum absolute atomic E-state index is 0.209. The van der Waals surface area contributed by atoms with Crippen LogP contribution in [0, 0.1) is 6.92 Å². The molecule has 0 aromatic heterocycles. The van der Waals surface area contributed by atoms with E-state index in [4.69, 9.17) is 10.5 Å². The molecule has 2 aromatic carbocycles. The number of amides is 3. The number of urea groups is 1. The van der Waals surface area contributed by atoms with Gasteiger partial charge < -0.3 is 21.1 Å². The van der Waals surface area contributed by atoms with Gasteiger partial charge in [0, 0.05) is 13.0 Å². The van der Waals surface area contributed by atoms with Gasteiger partial charge in [-0.1, -0.05) is 60.2 Å². The zero-order valence-electron chi connectivity index (χ0n) is 16.0. The first-order chi connectivity index (χ1) is 13.3. The standard InChI is InChI=1S/C21H25N3O4/c1-14-8-10-17(11-9-14)13-23-19(25)15(2)28-20(26)18(24-21(22)27)12-16-6-4-3-5-7-16/h3-11,15,18H,12-13H2,1-2H3,(H,23,25)(H3,22,24,27)/t15-,18-/m0/s1. The zero-order valence-corrected chi connectivity index (χ0v) is 16.0. The average molecular weight is 383 g/mol. The van der Waals surface area contributed by atoms with Crippen molar-refractivity contribution in [3.8, 4) is 0 Å². The summed E-state index contributed by atoms with van der Waals surface area (Å²) in [5, 5.41) is 5.09.